The molecule has 1 aromatic rings. The Balaban J connectivity index is 1.94. The Bertz CT molecular complexity index is 452. The number of ether oxygens (including phenoxy) is 1. The molecule has 0 aromatic carbocycles. The van der Waals surface area contributed by atoms with Crippen LogP contribution < -0.4 is 10.1 Å². The molecule has 1 aliphatic rings. The molecule has 1 heterocycles. The fourth-order valence-corrected chi connectivity index (χ4v) is 2.73. The molecule has 2 N–H and O–H groups in total. The zero-order valence-electron chi connectivity index (χ0n) is 9.40. The fraction of sp³-hybridized carbons (Fsp3) is 0.455. The highest BCUT2D eigenvalue weighted by atomic mass is 79.9. The van der Waals surface area contributed by atoms with Crippen molar-refractivity contribution in [1.29, 1.82) is 0 Å². The van der Waals surface area contributed by atoms with E-state index in [1.807, 2.05) is 6.07 Å². The molecule has 5 nitrogen and oxygen atoms in total. The van der Waals surface area contributed by atoms with Crippen LogP contribution in [0.1, 0.15) is 12.8 Å². The van der Waals surface area contributed by atoms with E-state index in [0.717, 1.165) is 21.8 Å². The lowest BCUT2D eigenvalue weighted by atomic mass is 10.2. The lowest BCUT2D eigenvalue weighted by Gasteiger charge is -2.17. The van der Waals surface area contributed by atoms with Crippen LogP contribution in [0.2, 0.25) is 0 Å². The van der Waals surface area contributed by atoms with Crippen LogP contribution in [0.5, 0.6) is 5.88 Å². The van der Waals surface area contributed by atoms with Crippen molar-refractivity contribution in [2.45, 2.75) is 18.9 Å². The lowest BCUT2D eigenvalue weighted by Crippen LogP contribution is -2.39. The quantitative estimate of drug-likeness (QED) is 0.824. The smallest absolute Gasteiger partial charge is 0.405 e. The average molecular weight is 380 g/mol. The predicted octanol–water partition coefficient (Wildman–Crippen LogP) is 3.03. The highest BCUT2D eigenvalue weighted by Crippen LogP contribution is 2.33. The van der Waals surface area contributed by atoms with Gasteiger partial charge >= 0.3 is 6.09 Å². The van der Waals surface area contributed by atoms with E-state index in [1.165, 1.54) is 0 Å². The van der Waals surface area contributed by atoms with E-state index >= 15 is 0 Å². The number of hydrogen-bond acceptors (Lipinski definition) is 3. The zero-order chi connectivity index (χ0) is 13.1. The van der Waals surface area contributed by atoms with Crippen LogP contribution in [-0.2, 0) is 0 Å². The van der Waals surface area contributed by atoms with Crippen molar-refractivity contribution in [2.75, 3.05) is 6.61 Å². The van der Waals surface area contributed by atoms with Crippen molar-refractivity contribution < 1.29 is 14.6 Å². The van der Waals surface area contributed by atoms with Crippen LogP contribution in [0.15, 0.2) is 21.2 Å². The normalized spacial score (nSPS) is 16.1. The molecule has 7 heteroatoms. The molecule has 0 saturated heterocycles. The van der Waals surface area contributed by atoms with E-state index in [0.29, 0.717) is 18.4 Å². The maximum absolute atomic E-state index is 10.7. The molecule has 0 spiro atoms. The standard InChI is InChI=1S/C11H12Br2N2O3/c12-7-3-8(13)10(14-4-7)18-5-9(6-1-2-6)15-11(16)17/h3-4,6,9,15H,1-2,5H2,(H,16,17). The molecule has 1 aliphatic carbocycles. The second-order valence-corrected chi connectivity index (χ2v) is 5.91. The summed E-state index contributed by atoms with van der Waals surface area (Å²) in [4.78, 5) is 14.8. The number of hydrogen-bond donors (Lipinski definition) is 2. The maximum atomic E-state index is 10.7. The summed E-state index contributed by atoms with van der Waals surface area (Å²) in [5, 5.41) is 11.2. The first-order valence-electron chi connectivity index (χ1n) is 5.49. The van der Waals surface area contributed by atoms with Gasteiger partial charge in [-0.15, -0.1) is 0 Å². The number of aromatic nitrogens is 1. The van der Waals surface area contributed by atoms with Crippen molar-refractivity contribution in [3.63, 3.8) is 0 Å². The van der Waals surface area contributed by atoms with Gasteiger partial charge in [-0.3, -0.25) is 0 Å². The van der Waals surface area contributed by atoms with Crippen LogP contribution in [0.25, 0.3) is 0 Å². The van der Waals surface area contributed by atoms with E-state index in [4.69, 9.17) is 9.84 Å². The Morgan fingerprint density at radius 3 is 2.89 bits per heavy atom. The molecule has 1 amide bonds. The van der Waals surface area contributed by atoms with Crippen LogP contribution in [0.4, 0.5) is 4.79 Å². The van der Waals surface area contributed by atoms with Gasteiger partial charge in [-0.25, -0.2) is 9.78 Å². The Kier molecular flexibility index (Phi) is 4.45. The van der Waals surface area contributed by atoms with Gasteiger partial charge in [0, 0.05) is 10.7 Å². The molecule has 0 bridgehead atoms. The van der Waals surface area contributed by atoms with Crippen LogP contribution in [0.3, 0.4) is 0 Å². The predicted molar refractivity (Wildman–Crippen MR) is 72.8 cm³/mol. The van der Waals surface area contributed by atoms with Gasteiger partial charge in [-0.2, -0.15) is 0 Å². The second-order valence-electron chi connectivity index (χ2n) is 4.14. The molecular formula is C11H12Br2N2O3. The molecule has 1 atom stereocenters. The van der Waals surface area contributed by atoms with Crippen molar-refractivity contribution in [2.24, 2.45) is 5.92 Å². The van der Waals surface area contributed by atoms with E-state index in [-0.39, 0.29) is 6.04 Å². The summed E-state index contributed by atoms with van der Waals surface area (Å²) in [6, 6.07) is 1.67. The number of amides is 1. The van der Waals surface area contributed by atoms with Gasteiger partial charge in [0.15, 0.2) is 0 Å². The second kappa shape index (κ2) is 5.88. The number of carboxylic acid groups (broad SMARTS) is 1. The largest absolute Gasteiger partial charge is 0.475 e. The van der Waals surface area contributed by atoms with Gasteiger partial charge in [0.05, 0.1) is 10.5 Å². The summed E-state index contributed by atoms with van der Waals surface area (Å²) in [5.74, 6) is 0.853. The molecule has 1 saturated carbocycles. The Morgan fingerprint density at radius 1 is 1.61 bits per heavy atom. The molecule has 0 aliphatic heterocycles. The summed E-state index contributed by atoms with van der Waals surface area (Å²) in [6.45, 7) is 0.296. The monoisotopic (exact) mass is 378 g/mol. The van der Waals surface area contributed by atoms with E-state index in [9.17, 15) is 4.79 Å². The van der Waals surface area contributed by atoms with E-state index < -0.39 is 6.09 Å². The Morgan fingerprint density at radius 2 is 2.33 bits per heavy atom. The van der Waals surface area contributed by atoms with Gasteiger partial charge in [0.25, 0.3) is 0 Å². The first kappa shape index (κ1) is 13.6. The van der Waals surface area contributed by atoms with Gasteiger partial charge in [-0.05, 0) is 56.7 Å². The van der Waals surface area contributed by atoms with Crippen molar-refractivity contribution >= 4 is 38.0 Å². The van der Waals surface area contributed by atoms with Crippen molar-refractivity contribution in [3.8, 4) is 5.88 Å². The minimum Gasteiger partial charge on any atom is -0.475 e. The van der Waals surface area contributed by atoms with Gasteiger partial charge < -0.3 is 15.2 Å². The molecular weight excluding hydrogens is 368 g/mol. The molecule has 1 unspecified atom stereocenters. The number of rotatable bonds is 5. The third kappa shape index (κ3) is 3.84. The molecule has 0 radical (unpaired) electrons. The highest BCUT2D eigenvalue weighted by Gasteiger charge is 2.33. The van der Waals surface area contributed by atoms with Gasteiger partial charge in [0.1, 0.15) is 6.61 Å². The topological polar surface area (TPSA) is 71.5 Å². The minimum absolute atomic E-state index is 0.167. The summed E-state index contributed by atoms with van der Waals surface area (Å²) < 4.78 is 7.14. The first-order valence-corrected chi connectivity index (χ1v) is 7.08. The van der Waals surface area contributed by atoms with E-state index in [2.05, 4.69) is 42.2 Å². The number of pyridine rings is 1. The molecule has 1 fully saturated rings. The molecule has 2 rings (SSSR count). The summed E-state index contributed by atoms with van der Waals surface area (Å²) in [6.07, 6.45) is 2.71. The highest BCUT2D eigenvalue weighted by molar-refractivity contribution is 9.11. The number of nitrogens with zero attached hydrogens (tertiary/aromatic N) is 1. The summed E-state index contributed by atoms with van der Waals surface area (Å²) >= 11 is 6.65. The number of carbonyl (C=O) groups is 1. The average Bonchev–Trinajstić information content (AvgIpc) is 3.09. The third-order valence-electron chi connectivity index (χ3n) is 2.67. The minimum atomic E-state index is -1.02. The Hall–Kier alpha value is -0.820. The molecule has 98 valence electrons. The lowest BCUT2D eigenvalue weighted by molar-refractivity contribution is 0.176. The van der Waals surface area contributed by atoms with Crippen molar-refractivity contribution in [3.05, 3.63) is 21.2 Å². The molecule has 1 aromatic heterocycles. The van der Waals surface area contributed by atoms with Crippen LogP contribution in [-0.4, -0.2) is 28.8 Å². The van der Waals surface area contributed by atoms with Gasteiger partial charge in [-0.1, -0.05) is 0 Å². The van der Waals surface area contributed by atoms with Gasteiger partial charge in [0.2, 0.25) is 5.88 Å². The zero-order valence-corrected chi connectivity index (χ0v) is 12.6. The third-order valence-corrected chi connectivity index (χ3v) is 3.68. The van der Waals surface area contributed by atoms with Crippen LogP contribution in [0, 0.1) is 5.92 Å². The summed E-state index contributed by atoms with van der Waals surface area (Å²) in [5.41, 5.74) is 0. The molecule has 18 heavy (non-hydrogen) atoms. The Labute approximate surface area is 121 Å². The number of nitrogens with one attached hydrogen (secondary N) is 1. The maximum Gasteiger partial charge on any atom is 0.405 e. The van der Waals surface area contributed by atoms with Crippen molar-refractivity contribution in [1.82, 2.24) is 10.3 Å². The number of halogens is 2. The first-order chi connectivity index (χ1) is 8.56. The van der Waals surface area contributed by atoms with E-state index in [1.54, 1.807) is 6.20 Å². The van der Waals surface area contributed by atoms with Crippen LogP contribution >= 0.6 is 31.9 Å². The summed E-state index contributed by atoms with van der Waals surface area (Å²) in [7, 11) is 0. The SMILES string of the molecule is O=C(O)NC(COc1ncc(Br)cc1Br)C1CC1. The fourth-order valence-electron chi connectivity index (χ4n) is 1.63.